The summed E-state index contributed by atoms with van der Waals surface area (Å²) in [6.45, 7) is 4.31. The summed E-state index contributed by atoms with van der Waals surface area (Å²) in [7, 11) is 0. The van der Waals surface area contributed by atoms with Crippen molar-refractivity contribution in [2.75, 3.05) is 38.7 Å². The summed E-state index contributed by atoms with van der Waals surface area (Å²) < 4.78 is 12.9. The van der Waals surface area contributed by atoms with Crippen molar-refractivity contribution in [3.05, 3.63) is 93.7 Å². The van der Waals surface area contributed by atoms with Gasteiger partial charge in [0.1, 0.15) is 5.82 Å². The predicted molar refractivity (Wildman–Crippen MR) is 165 cm³/mol. The molecule has 42 heavy (non-hydrogen) atoms. The highest BCUT2D eigenvalue weighted by Gasteiger charge is 2.22. The van der Waals surface area contributed by atoms with Crippen LogP contribution in [0, 0.1) is 0 Å². The van der Waals surface area contributed by atoms with E-state index in [1.807, 2.05) is 51.9 Å². The van der Waals surface area contributed by atoms with Gasteiger partial charge in [-0.05, 0) is 47.9 Å². The number of hydrogen-bond donors (Lipinski definition) is 0. The van der Waals surface area contributed by atoms with Crippen LogP contribution in [-0.4, -0.2) is 69.2 Å². The lowest BCUT2D eigenvalue weighted by Gasteiger charge is -2.34. The topological polar surface area (TPSA) is 72.7 Å². The molecule has 0 spiro atoms. The molecule has 3 heterocycles. The van der Waals surface area contributed by atoms with Crippen molar-refractivity contribution in [1.29, 1.82) is 0 Å². The Morgan fingerprint density at radius 2 is 1.67 bits per heavy atom. The minimum absolute atomic E-state index is 0.203. The lowest BCUT2D eigenvalue weighted by atomic mass is 10.1. The summed E-state index contributed by atoms with van der Waals surface area (Å²) in [6, 6.07) is 21.8. The van der Waals surface area contributed by atoms with Gasteiger partial charge in [-0.25, -0.2) is 0 Å². The van der Waals surface area contributed by atoms with Crippen LogP contribution in [0.1, 0.15) is 29.8 Å². The fraction of sp³-hybridized carbons (Fsp3) is 0.323. The molecule has 8 nitrogen and oxygen atoms in total. The number of carbonyl (C=O) groups excluding carboxylic acids is 1. The summed E-state index contributed by atoms with van der Waals surface area (Å²) in [5.41, 5.74) is 3.19. The summed E-state index contributed by atoms with van der Waals surface area (Å²) in [6.07, 6.45) is 1.89. The molecular formula is C31H31Cl2N5O3S. The van der Waals surface area contributed by atoms with Gasteiger partial charge in [0.25, 0.3) is 0 Å². The van der Waals surface area contributed by atoms with Gasteiger partial charge in [-0.2, -0.15) is 0 Å². The summed E-state index contributed by atoms with van der Waals surface area (Å²) in [5.74, 6) is 3.38. The molecule has 1 aromatic heterocycles. The van der Waals surface area contributed by atoms with Crippen molar-refractivity contribution in [3.63, 3.8) is 0 Å². The Hall–Kier alpha value is -3.24. The Balaban J connectivity index is 1.01. The SMILES string of the molecule is O=C(CCCSc1nnc(Cc2ccccc2)n1-c1ccc(Cl)c(Cl)c1)N1CCN(Cc2ccc3c(c2)OCO3)CC1. The molecular weight excluding hydrogens is 593 g/mol. The number of aromatic nitrogens is 3. The summed E-state index contributed by atoms with van der Waals surface area (Å²) in [4.78, 5) is 17.3. The second-order valence-electron chi connectivity index (χ2n) is 10.3. The maximum atomic E-state index is 13.0. The highest BCUT2D eigenvalue weighted by atomic mass is 35.5. The standard InChI is InChI=1S/C31H31Cl2N5O3S/c32-25-10-9-24(19-26(25)33)38-29(18-22-5-2-1-3-6-22)34-35-31(38)42-16-4-7-30(39)37-14-12-36(13-15-37)20-23-8-11-27-28(17-23)41-21-40-27/h1-3,5-6,8-11,17,19H,4,7,12-16,18,20-21H2. The van der Waals surface area contributed by atoms with Crippen LogP contribution in [0.2, 0.25) is 10.0 Å². The molecule has 4 aromatic rings. The van der Waals surface area contributed by atoms with Crippen LogP contribution < -0.4 is 9.47 Å². The fourth-order valence-electron chi connectivity index (χ4n) is 5.17. The molecule has 218 valence electrons. The van der Waals surface area contributed by atoms with Crippen LogP contribution >= 0.6 is 35.0 Å². The molecule has 0 aliphatic carbocycles. The smallest absolute Gasteiger partial charge is 0.231 e. The van der Waals surface area contributed by atoms with Crippen LogP contribution in [0.5, 0.6) is 11.5 Å². The second-order valence-corrected chi connectivity index (χ2v) is 12.2. The third-order valence-corrected chi connectivity index (χ3v) is 9.16. The molecule has 11 heteroatoms. The van der Waals surface area contributed by atoms with Crippen molar-refractivity contribution in [3.8, 4) is 17.2 Å². The number of amides is 1. The lowest BCUT2D eigenvalue weighted by molar-refractivity contribution is -0.133. The Morgan fingerprint density at radius 1 is 0.857 bits per heavy atom. The van der Waals surface area contributed by atoms with E-state index in [1.54, 1.807) is 17.8 Å². The third-order valence-electron chi connectivity index (χ3n) is 7.40. The average molecular weight is 625 g/mol. The van der Waals surface area contributed by atoms with Gasteiger partial charge in [0.15, 0.2) is 16.7 Å². The monoisotopic (exact) mass is 623 g/mol. The maximum Gasteiger partial charge on any atom is 0.231 e. The van der Waals surface area contributed by atoms with E-state index in [0.717, 1.165) is 78.6 Å². The first kappa shape index (κ1) is 28.9. The van der Waals surface area contributed by atoms with Crippen molar-refractivity contribution in [2.24, 2.45) is 0 Å². The van der Waals surface area contributed by atoms with Crippen LogP contribution in [0.25, 0.3) is 5.69 Å². The zero-order chi connectivity index (χ0) is 28.9. The average Bonchev–Trinajstić information content (AvgIpc) is 3.64. The molecule has 0 atom stereocenters. The van der Waals surface area contributed by atoms with E-state index in [1.165, 1.54) is 5.56 Å². The molecule has 0 bridgehead atoms. The van der Waals surface area contributed by atoms with Crippen LogP contribution in [0.3, 0.4) is 0 Å². The first-order chi connectivity index (χ1) is 20.5. The van der Waals surface area contributed by atoms with Crippen molar-refractivity contribution in [2.45, 2.75) is 31.0 Å². The summed E-state index contributed by atoms with van der Waals surface area (Å²) in [5, 5.41) is 10.7. The Bertz CT molecular complexity index is 1540. The Labute approximate surface area is 259 Å². The van der Waals surface area contributed by atoms with E-state index in [2.05, 4.69) is 33.3 Å². The van der Waals surface area contributed by atoms with Gasteiger partial charge in [0, 0.05) is 51.3 Å². The van der Waals surface area contributed by atoms with E-state index in [9.17, 15) is 4.79 Å². The van der Waals surface area contributed by atoms with Gasteiger partial charge >= 0.3 is 0 Å². The van der Waals surface area contributed by atoms with Gasteiger partial charge < -0.3 is 14.4 Å². The number of fused-ring (bicyclic) bond motifs is 1. The molecule has 0 N–H and O–H groups in total. The highest BCUT2D eigenvalue weighted by molar-refractivity contribution is 7.99. The first-order valence-corrected chi connectivity index (χ1v) is 15.7. The van der Waals surface area contributed by atoms with Crippen molar-refractivity contribution >= 4 is 40.9 Å². The van der Waals surface area contributed by atoms with Gasteiger partial charge in [0.05, 0.1) is 15.7 Å². The fourth-order valence-corrected chi connectivity index (χ4v) is 6.37. The number of nitrogens with zero attached hydrogens (tertiary/aromatic N) is 5. The van der Waals surface area contributed by atoms with E-state index >= 15 is 0 Å². The molecule has 6 rings (SSSR count). The quantitative estimate of drug-likeness (QED) is 0.156. The second kappa shape index (κ2) is 13.4. The van der Waals surface area contributed by atoms with Gasteiger partial charge in [-0.15, -0.1) is 10.2 Å². The number of rotatable bonds is 10. The number of thioether (sulfide) groups is 1. The number of hydrogen-bond acceptors (Lipinski definition) is 7. The minimum Gasteiger partial charge on any atom is -0.454 e. The molecule has 0 saturated carbocycles. The van der Waals surface area contributed by atoms with Gasteiger partial charge in [0.2, 0.25) is 12.7 Å². The molecule has 1 fully saturated rings. The van der Waals surface area contributed by atoms with E-state index in [4.69, 9.17) is 32.7 Å². The molecule has 1 amide bonds. The number of carbonyl (C=O) groups is 1. The molecule has 0 radical (unpaired) electrons. The third kappa shape index (κ3) is 6.86. The molecule has 0 unspecified atom stereocenters. The molecule has 3 aromatic carbocycles. The van der Waals surface area contributed by atoms with E-state index in [-0.39, 0.29) is 12.7 Å². The Kier molecular flexibility index (Phi) is 9.19. The number of ether oxygens (including phenoxy) is 2. The highest BCUT2D eigenvalue weighted by Crippen LogP contribution is 2.33. The molecule has 2 aliphatic heterocycles. The van der Waals surface area contributed by atoms with E-state index < -0.39 is 0 Å². The van der Waals surface area contributed by atoms with Crippen LogP contribution in [-0.2, 0) is 17.8 Å². The predicted octanol–water partition coefficient (Wildman–Crippen LogP) is 6.11. The normalized spacial score (nSPS) is 14.9. The maximum absolute atomic E-state index is 13.0. The largest absolute Gasteiger partial charge is 0.454 e. The lowest BCUT2D eigenvalue weighted by Crippen LogP contribution is -2.48. The molecule has 1 saturated heterocycles. The first-order valence-electron chi connectivity index (χ1n) is 14.0. The minimum atomic E-state index is 0.203. The van der Waals surface area contributed by atoms with Crippen molar-refractivity contribution < 1.29 is 14.3 Å². The number of piperazine rings is 1. The van der Waals surface area contributed by atoms with Crippen LogP contribution in [0.15, 0.2) is 71.9 Å². The van der Waals surface area contributed by atoms with E-state index in [0.29, 0.717) is 22.9 Å². The van der Waals surface area contributed by atoms with Crippen molar-refractivity contribution in [1.82, 2.24) is 24.6 Å². The van der Waals surface area contributed by atoms with Gasteiger partial charge in [-0.3, -0.25) is 14.3 Å². The van der Waals surface area contributed by atoms with Crippen LogP contribution in [0.4, 0.5) is 0 Å². The number of halogens is 2. The zero-order valence-corrected chi connectivity index (χ0v) is 25.4. The Morgan fingerprint density at radius 3 is 2.48 bits per heavy atom. The van der Waals surface area contributed by atoms with Gasteiger partial charge in [-0.1, -0.05) is 71.4 Å². The number of benzene rings is 3. The molecule has 2 aliphatic rings. The zero-order valence-electron chi connectivity index (χ0n) is 23.0. The summed E-state index contributed by atoms with van der Waals surface area (Å²) >= 11 is 14.1.